The van der Waals surface area contributed by atoms with Crippen LogP contribution in [-0.2, 0) is 33.3 Å². The van der Waals surface area contributed by atoms with Crippen molar-refractivity contribution < 1.29 is 18.3 Å². The van der Waals surface area contributed by atoms with Gasteiger partial charge in [0.15, 0.2) is 0 Å². The first-order valence-corrected chi connectivity index (χ1v) is 12.6. The number of ether oxygens (including phenoxy) is 1. The lowest BCUT2D eigenvalue weighted by Crippen LogP contribution is -2.50. The Morgan fingerprint density at radius 3 is 2.93 bits per heavy atom. The van der Waals surface area contributed by atoms with Gasteiger partial charge in [-0.3, -0.25) is 9.58 Å². The number of halogens is 1. The van der Waals surface area contributed by atoms with Gasteiger partial charge < -0.3 is 9.84 Å². The number of aliphatic hydroxyl groups is 1. The number of hydrogen-bond acceptors (Lipinski definition) is 6. The molecule has 2 aliphatic heterocycles. The number of sulfone groups is 1. The molecule has 2 aromatic rings. The maximum absolute atomic E-state index is 11.4. The number of aryl methyl sites for hydroxylation is 1. The van der Waals surface area contributed by atoms with E-state index in [0.29, 0.717) is 18.2 Å². The first-order chi connectivity index (χ1) is 14.2. The van der Waals surface area contributed by atoms with Crippen LogP contribution in [-0.4, -0.2) is 59.4 Å². The number of rotatable bonds is 5. The predicted octanol–water partition coefficient (Wildman–Crippen LogP) is 2.52. The van der Waals surface area contributed by atoms with Gasteiger partial charge in [-0.25, -0.2) is 8.42 Å². The molecule has 2 aliphatic rings. The van der Waals surface area contributed by atoms with Crippen molar-refractivity contribution in [2.75, 3.05) is 25.2 Å². The van der Waals surface area contributed by atoms with E-state index in [1.54, 1.807) is 4.68 Å². The van der Waals surface area contributed by atoms with Crippen LogP contribution in [0.3, 0.4) is 0 Å². The van der Waals surface area contributed by atoms with Gasteiger partial charge in [0.05, 0.1) is 30.7 Å². The molecule has 1 saturated heterocycles. The molecule has 0 amide bonds. The Kier molecular flexibility index (Phi) is 5.98. The van der Waals surface area contributed by atoms with Gasteiger partial charge in [0.2, 0.25) is 0 Å². The minimum Gasteiger partial charge on any atom is -0.386 e. The SMILES string of the molecule is C[C@H]1C[C@@]2(CCN1Cc1cnn(CCS(C)(=O)=O)c1)OC[C@@H](O)c1ccc(Cl)cc12. The molecule has 164 valence electrons. The number of hydrogen-bond donors (Lipinski definition) is 1. The molecule has 1 spiro atoms. The van der Waals surface area contributed by atoms with E-state index in [2.05, 4.69) is 16.9 Å². The van der Waals surface area contributed by atoms with Gasteiger partial charge in [0, 0.05) is 42.2 Å². The quantitative estimate of drug-likeness (QED) is 0.748. The molecule has 0 saturated carbocycles. The Balaban J connectivity index is 1.45. The van der Waals surface area contributed by atoms with Gasteiger partial charge in [0.1, 0.15) is 15.9 Å². The first kappa shape index (κ1) is 21.8. The summed E-state index contributed by atoms with van der Waals surface area (Å²) in [6.45, 7) is 4.45. The summed E-state index contributed by atoms with van der Waals surface area (Å²) in [5.41, 5.74) is 2.57. The van der Waals surface area contributed by atoms with E-state index in [1.807, 2.05) is 30.6 Å². The summed E-state index contributed by atoms with van der Waals surface area (Å²) in [7, 11) is -3.01. The van der Waals surface area contributed by atoms with Crippen LogP contribution in [0, 0.1) is 0 Å². The van der Waals surface area contributed by atoms with Crippen molar-refractivity contribution in [1.82, 2.24) is 14.7 Å². The number of aliphatic hydroxyl groups excluding tert-OH is 1. The second-order valence-corrected chi connectivity index (χ2v) is 11.3. The topological polar surface area (TPSA) is 84.7 Å². The van der Waals surface area contributed by atoms with Crippen LogP contribution in [0.5, 0.6) is 0 Å². The minimum atomic E-state index is -3.01. The average molecular weight is 454 g/mol. The summed E-state index contributed by atoms with van der Waals surface area (Å²) in [5.74, 6) is 0.0852. The molecule has 1 aromatic heterocycles. The fraction of sp³-hybridized carbons (Fsp3) is 0.571. The van der Waals surface area contributed by atoms with E-state index in [1.165, 1.54) is 6.26 Å². The largest absolute Gasteiger partial charge is 0.386 e. The third-order valence-electron chi connectivity index (χ3n) is 6.20. The molecule has 3 atom stereocenters. The molecule has 7 nitrogen and oxygen atoms in total. The Bertz CT molecular complexity index is 1030. The highest BCUT2D eigenvalue weighted by Gasteiger charge is 2.45. The smallest absolute Gasteiger partial charge is 0.149 e. The fourth-order valence-electron chi connectivity index (χ4n) is 4.59. The van der Waals surface area contributed by atoms with Crippen molar-refractivity contribution in [3.8, 4) is 0 Å². The molecular formula is C21H28ClN3O4S. The summed E-state index contributed by atoms with van der Waals surface area (Å²) in [5, 5.41) is 15.3. The van der Waals surface area contributed by atoms with Crippen LogP contribution in [0.1, 0.15) is 42.6 Å². The highest BCUT2D eigenvalue weighted by Crippen LogP contribution is 2.46. The predicted molar refractivity (Wildman–Crippen MR) is 115 cm³/mol. The molecule has 1 N–H and O–H groups in total. The number of aromatic nitrogens is 2. The summed E-state index contributed by atoms with van der Waals surface area (Å²) in [6, 6.07) is 5.94. The molecule has 0 aliphatic carbocycles. The molecular weight excluding hydrogens is 426 g/mol. The summed E-state index contributed by atoms with van der Waals surface area (Å²) in [6.07, 6.45) is 5.98. The second kappa shape index (κ2) is 8.24. The lowest BCUT2D eigenvalue weighted by molar-refractivity contribution is -0.141. The van der Waals surface area contributed by atoms with Gasteiger partial charge >= 0.3 is 0 Å². The van der Waals surface area contributed by atoms with E-state index in [0.717, 1.165) is 42.6 Å². The van der Waals surface area contributed by atoms with Crippen molar-refractivity contribution >= 4 is 21.4 Å². The molecule has 0 bridgehead atoms. The van der Waals surface area contributed by atoms with Crippen LogP contribution >= 0.6 is 11.6 Å². The zero-order valence-electron chi connectivity index (χ0n) is 17.3. The van der Waals surface area contributed by atoms with Crippen LogP contribution < -0.4 is 0 Å². The molecule has 1 aromatic carbocycles. The fourth-order valence-corrected chi connectivity index (χ4v) is 5.28. The van der Waals surface area contributed by atoms with E-state index in [9.17, 15) is 13.5 Å². The Hall–Kier alpha value is -1.45. The summed E-state index contributed by atoms with van der Waals surface area (Å²) >= 11 is 6.26. The maximum atomic E-state index is 11.4. The van der Waals surface area contributed by atoms with Crippen molar-refractivity contribution in [1.29, 1.82) is 0 Å². The van der Waals surface area contributed by atoms with E-state index < -0.39 is 21.5 Å². The van der Waals surface area contributed by atoms with Gasteiger partial charge in [0.25, 0.3) is 0 Å². The Morgan fingerprint density at radius 1 is 1.40 bits per heavy atom. The third kappa shape index (κ3) is 4.57. The minimum absolute atomic E-state index is 0.0852. The maximum Gasteiger partial charge on any atom is 0.149 e. The van der Waals surface area contributed by atoms with Crippen molar-refractivity contribution in [3.05, 3.63) is 52.3 Å². The molecule has 1 fully saturated rings. The number of piperidine rings is 1. The first-order valence-electron chi connectivity index (χ1n) is 10.2. The lowest BCUT2D eigenvalue weighted by atomic mass is 9.76. The van der Waals surface area contributed by atoms with Crippen LogP contribution in [0.4, 0.5) is 0 Å². The van der Waals surface area contributed by atoms with Gasteiger partial charge in [-0.2, -0.15) is 5.10 Å². The van der Waals surface area contributed by atoms with E-state index >= 15 is 0 Å². The molecule has 3 heterocycles. The highest BCUT2D eigenvalue weighted by molar-refractivity contribution is 7.90. The molecule has 0 unspecified atom stereocenters. The zero-order valence-corrected chi connectivity index (χ0v) is 18.9. The number of likely N-dealkylation sites (tertiary alicyclic amines) is 1. The molecule has 9 heteroatoms. The standard InChI is InChI=1S/C21H28ClN3O4S/c1-15-10-21(19-9-17(22)3-4-18(19)20(26)14-29-21)5-6-24(15)12-16-11-23-25(13-16)7-8-30(2,27)28/h3-4,9,11,13,15,20,26H,5-8,10,12,14H2,1-2H3/t15-,20+,21+/m0/s1. The number of fused-ring (bicyclic) bond motifs is 2. The van der Waals surface area contributed by atoms with Gasteiger partial charge in [-0.1, -0.05) is 17.7 Å². The normalized spacial score (nSPS) is 27.3. The summed E-state index contributed by atoms with van der Waals surface area (Å²) < 4.78 is 30.6. The summed E-state index contributed by atoms with van der Waals surface area (Å²) in [4.78, 5) is 2.39. The molecule has 30 heavy (non-hydrogen) atoms. The monoisotopic (exact) mass is 453 g/mol. The van der Waals surface area contributed by atoms with Crippen molar-refractivity contribution in [2.24, 2.45) is 0 Å². The van der Waals surface area contributed by atoms with Crippen LogP contribution in [0.25, 0.3) is 0 Å². The van der Waals surface area contributed by atoms with Crippen molar-refractivity contribution in [3.63, 3.8) is 0 Å². The van der Waals surface area contributed by atoms with E-state index in [4.69, 9.17) is 16.3 Å². The lowest BCUT2D eigenvalue weighted by Gasteiger charge is -2.49. The number of nitrogens with zero attached hydrogens (tertiary/aromatic N) is 3. The third-order valence-corrected chi connectivity index (χ3v) is 7.36. The highest BCUT2D eigenvalue weighted by atomic mass is 35.5. The molecule has 4 rings (SSSR count). The Morgan fingerprint density at radius 2 is 2.20 bits per heavy atom. The van der Waals surface area contributed by atoms with E-state index in [-0.39, 0.29) is 11.8 Å². The molecule has 0 radical (unpaired) electrons. The van der Waals surface area contributed by atoms with Gasteiger partial charge in [-0.05, 0) is 43.0 Å². The zero-order chi connectivity index (χ0) is 21.5. The van der Waals surface area contributed by atoms with Crippen LogP contribution in [0.15, 0.2) is 30.6 Å². The average Bonchev–Trinajstić information content (AvgIpc) is 3.13. The van der Waals surface area contributed by atoms with Gasteiger partial charge in [-0.15, -0.1) is 0 Å². The number of benzene rings is 1. The second-order valence-electron chi connectivity index (χ2n) is 8.57. The van der Waals surface area contributed by atoms with Crippen LogP contribution in [0.2, 0.25) is 5.02 Å². The van der Waals surface area contributed by atoms with Crippen molar-refractivity contribution in [2.45, 2.75) is 50.6 Å². The Labute approximate surface area is 182 Å².